The van der Waals surface area contributed by atoms with Crippen LogP contribution in [-0.2, 0) is 11.2 Å². The van der Waals surface area contributed by atoms with Gasteiger partial charge < -0.3 is 9.73 Å². The van der Waals surface area contributed by atoms with Crippen molar-refractivity contribution in [2.24, 2.45) is 0 Å². The molecular formula is C20H20BrN3O2S. The Balaban J connectivity index is 1.44. The third-order valence-electron chi connectivity index (χ3n) is 3.92. The van der Waals surface area contributed by atoms with E-state index in [0.29, 0.717) is 11.1 Å². The van der Waals surface area contributed by atoms with Gasteiger partial charge in [0.05, 0.1) is 5.75 Å². The number of halogens is 1. The molecule has 1 amide bonds. The predicted molar refractivity (Wildman–Crippen MR) is 111 cm³/mol. The Morgan fingerprint density at radius 3 is 2.78 bits per heavy atom. The van der Waals surface area contributed by atoms with Crippen LogP contribution in [0.5, 0.6) is 0 Å². The average molecular weight is 446 g/mol. The Morgan fingerprint density at radius 1 is 1.19 bits per heavy atom. The van der Waals surface area contributed by atoms with Gasteiger partial charge in [-0.25, -0.2) is 0 Å². The Kier molecular flexibility index (Phi) is 7.06. The molecule has 140 valence electrons. The number of aromatic nitrogens is 2. The lowest BCUT2D eigenvalue weighted by Crippen LogP contribution is -2.34. The maximum atomic E-state index is 12.1. The fraction of sp³-hybridized carbons (Fsp3) is 0.250. The number of carbonyl (C=O) groups excluding carboxylic acids is 1. The van der Waals surface area contributed by atoms with Crippen LogP contribution in [0, 0.1) is 0 Å². The van der Waals surface area contributed by atoms with E-state index in [9.17, 15) is 4.79 Å². The largest absolute Gasteiger partial charge is 0.411 e. The van der Waals surface area contributed by atoms with E-state index in [-0.39, 0.29) is 17.7 Å². The first-order valence-electron chi connectivity index (χ1n) is 8.65. The number of hydrogen-bond acceptors (Lipinski definition) is 5. The summed E-state index contributed by atoms with van der Waals surface area (Å²) in [6.45, 7) is 2.02. The highest BCUT2D eigenvalue weighted by Crippen LogP contribution is 2.25. The van der Waals surface area contributed by atoms with E-state index in [4.69, 9.17) is 4.42 Å². The third kappa shape index (κ3) is 6.22. The summed E-state index contributed by atoms with van der Waals surface area (Å²) in [5.74, 6) is 0.647. The Bertz CT molecular complexity index is 886. The zero-order valence-electron chi connectivity index (χ0n) is 14.9. The van der Waals surface area contributed by atoms with Gasteiger partial charge in [-0.1, -0.05) is 64.1 Å². The summed E-state index contributed by atoms with van der Waals surface area (Å²) < 4.78 is 6.57. The topological polar surface area (TPSA) is 68.0 Å². The lowest BCUT2D eigenvalue weighted by atomic mass is 10.1. The monoisotopic (exact) mass is 445 g/mol. The van der Waals surface area contributed by atoms with Crippen LogP contribution in [0.3, 0.4) is 0 Å². The molecule has 1 aromatic heterocycles. The molecule has 0 saturated heterocycles. The van der Waals surface area contributed by atoms with Gasteiger partial charge in [-0.05, 0) is 43.5 Å². The molecule has 3 aromatic rings. The summed E-state index contributed by atoms with van der Waals surface area (Å²) in [7, 11) is 0. The molecule has 0 spiro atoms. The number of benzene rings is 2. The van der Waals surface area contributed by atoms with Crippen molar-refractivity contribution < 1.29 is 9.21 Å². The van der Waals surface area contributed by atoms with E-state index < -0.39 is 0 Å². The van der Waals surface area contributed by atoms with Crippen LogP contribution < -0.4 is 5.32 Å². The first-order chi connectivity index (χ1) is 13.1. The Morgan fingerprint density at radius 2 is 2.00 bits per heavy atom. The summed E-state index contributed by atoms with van der Waals surface area (Å²) in [6.07, 6.45) is 1.84. The lowest BCUT2D eigenvalue weighted by Gasteiger charge is -2.13. The van der Waals surface area contributed by atoms with Crippen LogP contribution in [0.25, 0.3) is 11.5 Å². The van der Waals surface area contributed by atoms with Gasteiger partial charge in [0.1, 0.15) is 0 Å². The van der Waals surface area contributed by atoms with Crippen molar-refractivity contribution in [1.29, 1.82) is 0 Å². The van der Waals surface area contributed by atoms with Crippen molar-refractivity contribution in [3.05, 3.63) is 64.6 Å². The fourth-order valence-corrected chi connectivity index (χ4v) is 3.52. The summed E-state index contributed by atoms with van der Waals surface area (Å²) >= 11 is 4.66. The molecule has 1 heterocycles. The fourth-order valence-electron chi connectivity index (χ4n) is 2.55. The lowest BCUT2D eigenvalue weighted by molar-refractivity contribution is -0.119. The number of rotatable bonds is 8. The normalized spacial score (nSPS) is 11.9. The van der Waals surface area contributed by atoms with E-state index in [1.807, 2.05) is 49.4 Å². The molecule has 27 heavy (non-hydrogen) atoms. The second kappa shape index (κ2) is 9.71. The number of hydrogen-bond donors (Lipinski definition) is 1. The van der Waals surface area contributed by atoms with Crippen LogP contribution in [0.2, 0.25) is 0 Å². The van der Waals surface area contributed by atoms with Gasteiger partial charge in [-0.2, -0.15) is 0 Å². The highest BCUT2D eigenvalue weighted by Gasteiger charge is 2.13. The summed E-state index contributed by atoms with van der Waals surface area (Å²) in [5, 5.41) is 11.4. The van der Waals surface area contributed by atoms with Crippen molar-refractivity contribution in [1.82, 2.24) is 15.5 Å². The first-order valence-corrected chi connectivity index (χ1v) is 10.4. The minimum Gasteiger partial charge on any atom is -0.411 e. The number of aryl methyl sites for hydroxylation is 1. The van der Waals surface area contributed by atoms with Crippen molar-refractivity contribution in [2.75, 3.05) is 5.75 Å². The second-order valence-corrected chi connectivity index (χ2v) is 8.01. The van der Waals surface area contributed by atoms with Gasteiger partial charge in [0.25, 0.3) is 5.22 Å². The van der Waals surface area contributed by atoms with Crippen molar-refractivity contribution in [3.63, 3.8) is 0 Å². The minimum atomic E-state index is -0.0391. The third-order valence-corrected chi connectivity index (χ3v) is 5.23. The van der Waals surface area contributed by atoms with Crippen LogP contribution in [0.1, 0.15) is 18.9 Å². The molecule has 0 saturated carbocycles. The molecule has 7 heteroatoms. The van der Waals surface area contributed by atoms with Crippen LogP contribution in [0.15, 0.2) is 68.7 Å². The van der Waals surface area contributed by atoms with Gasteiger partial charge in [0.2, 0.25) is 11.8 Å². The van der Waals surface area contributed by atoms with Crippen LogP contribution in [-0.4, -0.2) is 27.9 Å². The molecule has 1 unspecified atom stereocenters. The van der Waals surface area contributed by atoms with E-state index >= 15 is 0 Å². The maximum absolute atomic E-state index is 12.1. The smallest absolute Gasteiger partial charge is 0.277 e. The number of thioether (sulfide) groups is 1. The molecule has 0 aliphatic rings. The predicted octanol–water partition coefficient (Wildman–Crippen LogP) is 4.73. The maximum Gasteiger partial charge on any atom is 0.277 e. The second-order valence-electron chi connectivity index (χ2n) is 6.16. The molecule has 0 radical (unpaired) electrons. The average Bonchev–Trinajstić information content (AvgIpc) is 3.15. The number of carbonyl (C=O) groups is 1. The van der Waals surface area contributed by atoms with Gasteiger partial charge in [0, 0.05) is 16.1 Å². The van der Waals surface area contributed by atoms with Crippen molar-refractivity contribution >= 4 is 33.6 Å². The highest BCUT2D eigenvalue weighted by atomic mass is 79.9. The Labute approximate surface area is 171 Å². The SMILES string of the molecule is CC(CCc1ccccc1)NC(=O)CSc1nnc(-c2cccc(Br)c2)o1. The first kappa shape index (κ1) is 19.6. The molecule has 0 aliphatic carbocycles. The van der Waals surface area contributed by atoms with Gasteiger partial charge >= 0.3 is 0 Å². The molecule has 5 nitrogen and oxygen atoms in total. The molecule has 2 aromatic carbocycles. The summed E-state index contributed by atoms with van der Waals surface area (Å²) in [5.41, 5.74) is 2.11. The highest BCUT2D eigenvalue weighted by molar-refractivity contribution is 9.10. The Hall–Kier alpha value is -2.12. The zero-order valence-corrected chi connectivity index (χ0v) is 17.3. The molecule has 0 bridgehead atoms. The quantitative estimate of drug-likeness (QED) is 0.507. The molecule has 0 fully saturated rings. The van der Waals surface area contributed by atoms with E-state index in [0.717, 1.165) is 22.9 Å². The van der Waals surface area contributed by atoms with E-state index in [2.05, 4.69) is 43.6 Å². The van der Waals surface area contributed by atoms with E-state index in [1.54, 1.807) is 0 Å². The number of nitrogens with one attached hydrogen (secondary N) is 1. The number of nitrogens with zero attached hydrogens (tertiary/aromatic N) is 2. The molecule has 0 aliphatic heterocycles. The molecule has 3 rings (SSSR count). The standard InChI is InChI=1S/C20H20BrN3O2S/c1-14(10-11-15-6-3-2-4-7-15)22-18(25)13-27-20-24-23-19(26-20)16-8-5-9-17(21)12-16/h2-9,12,14H,10-11,13H2,1H3,(H,22,25). The summed E-state index contributed by atoms with van der Waals surface area (Å²) in [6, 6.07) is 18.0. The molecule has 1 atom stereocenters. The van der Waals surface area contributed by atoms with Crippen molar-refractivity contribution in [2.45, 2.75) is 31.0 Å². The van der Waals surface area contributed by atoms with Gasteiger partial charge in [-0.3, -0.25) is 4.79 Å². The van der Waals surface area contributed by atoms with Crippen LogP contribution in [0.4, 0.5) is 0 Å². The number of amides is 1. The molecular weight excluding hydrogens is 426 g/mol. The van der Waals surface area contributed by atoms with Crippen LogP contribution >= 0.6 is 27.7 Å². The van der Waals surface area contributed by atoms with Crippen molar-refractivity contribution in [3.8, 4) is 11.5 Å². The zero-order chi connectivity index (χ0) is 19.1. The van der Waals surface area contributed by atoms with Gasteiger partial charge in [-0.15, -0.1) is 10.2 Å². The summed E-state index contributed by atoms with van der Waals surface area (Å²) in [4.78, 5) is 12.1. The molecule has 1 N–H and O–H groups in total. The van der Waals surface area contributed by atoms with E-state index in [1.165, 1.54) is 17.3 Å². The minimum absolute atomic E-state index is 0.0391. The van der Waals surface area contributed by atoms with Gasteiger partial charge in [0.15, 0.2) is 0 Å².